The largest absolute Gasteiger partial charge is 0.365 e. The van der Waals surface area contributed by atoms with Crippen LogP contribution in [-0.4, -0.2) is 21.2 Å². The summed E-state index contributed by atoms with van der Waals surface area (Å²) >= 11 is 7.43. The second kappa shape index (κ2) is 6.74. The standard InChI is InChI=1S/C18H17ClN4O2S/c19-10-5-6-14-21-11(9-23(14)8-10)7-15(24)22-18-16(17(20)25)12-3-1-2-4-13(12)26-18/h5-6,8-9H,1-4,7H2,(H2,20,25)(H,22,24). The maximum absolute atomic E-state index is 12.5. The molecule has 0 unspecified atom stereocenters. The van der Waals surface area contributed by atoms with Crippen LogP contribution in [0.5, 0.6) is 0 Å². The zero-order valence-electron chi connectivity index (χ0n) is 13.9. The average Bonchev–Trinajstić information content (AvgIpc) is 3.13. The molecule has 6 nitrogen and oxygen atoms in total. The van der Waals surface area contributed by atoms with Crippen molar-refractivity contribution in [3.05, 3.63) is 51.2 Å². The lowest BCUT2D eigenvalue weighted by Crippen LogP contribution is -2.19. The van der Waals surface area contributed by atoms with Crippen LogP contribution in [0, 0.1) is 0 Å². The van der Waals surface area contributed by atoms with Crippen LogP contribution < -0.4 is 11.1 Å². The van der Waals surface area contributed by atoms with Gasteiger partial charge in [0.05, 0.1) is 22.7 Å². The molecule has 3 aromatic heterocycles. The van der Waals surface area contributed by atoms with Gasteiger partial charge in [-0.05, 0) is 43.4 Å². The zero-order valence-corrected chi connectivity index (χ0v) is 15.5. The lowest BCUT2D eigenvalue weighted by atomic mass is 9.95. The molecule has 26 heavy (non-hydrogen) atoms. The summed E-state index contributed by atoms with van der Waals surface area (Å²) in [5, 5.41) is 4.01. The van der Waals surface area contributed by atoms with Crippen molar-refractivity contribution in [2.75, 3.05) is 5.32 Å². The molecule has 0 bridgehead atoms. The van der Waals surface area contributed by atoms with E-state index in [2.05, 4.69) is 10.3 Å². The van der Waals surface area contributed by atoms with Crippen molar-refractivity contribution >= 4 is 45.4 Å². The lowest BCUT2D eigenvalue weighted by molar-refractivity contribution is -0.115. The van der Waals surface area contributed by atoms with E-state index in [1.807, 2.05) is 0 Å². The van der Waals surface area contributed by atoms with Crippen molar-refractivity contribution in [2.45, 2.75) is 32.1 Å². The fourth-order valence-corrected chi connectivity index (χ4v) is 4.83. The number of hydrogen-bond acceptors (Lipinski definition) is 4. The number of anilines is 1. The first-order chi connectivity index (χ1) is 12.5. The number of fused-ring (bicyclic) bond motifs is 2. The summed E-state index contributed by atoms with van der Waals surface area (Å²) < 4.78 is 1.78. The number of rotatable bonds is 4. The summed E-state index contributed by atoms with van der Waals surface area (Å²) in [5.41, 5.74) is 8.40. The Morgan fingerprint density at radius 1 is 1.27 bits per heavy atom. The fourth-order valence-electron chi connectivity index (χ4n) is 3.35. The maximum Gasteiger partial charge on any atom is 0.251 e. The SMILES string of the molecule is NC(=O)c1c(NC(=O)Cc2cn3cc(Cl)ccc3n2)sc2c1CCCC2. The second-order valence-corrected chi connectivity index (χ2v) is 7.89. The molecule has 0 atom stereocenters. The van der Waals surface area contributed by atoms with E-state index in [1.165, 1.54) is 11.3 Å². The molecule has 0 radical (unpaired) electrons. The number of aryl methyl sites for hydroxylation is 1. The normalized spacial score (nSPS) is 13.6. The Morgan fingerprint density at radius 2 is 2.08 bits per heavy atom. The molecule has 0 aromatic carbocycles. The van der Waals surface area contributed by atoms with Gasteiger partial charge in [0.1, 0.15) is 10.6 Å². The van der Waals surface area contributed by atoms with Gasteiger partial charge >= 0.3 is 0 Å². The summed E-state index contributed by atoms with van der Waals surface area (Å²) in [7, 11) is 0. The molecule has 4 rings (SSSR count). The lowest BCUT2D eigenvalue weighted by Gasteiger charge is -2.11. The minimum absolute atomic E-state index is 0.111. The molecule has 0 aliphatic heterocycles. The van der Waals surface area contributed by atoms with Gasteiger partial charge in [0.25, 0.3) is 5.91 Å². The summed E-state index contributed by atoms with van der Waals surface area (Å²) in [6.45, 7) is 0. The van der Waals surface area contributed by atoms with E-state index in [-0.39, 0.29) is 12.3 Å². The molecular weight excluding hydrogens is 372 g/mol. The van der Waals surface area contributed by atoms with Crippen molar-refractivity contribution < 1.29 is 9.59 Å². The van der Waals surface area contributed by atoms with Gasteiger partial charge in [0, 0.05) is 17.3 Å². The van der Waals surface area contributed by atoms with Gasteiger partial charge in [-0.25, -0.2) is 4.98 Å². The summed E-state index contributed by atoms with van der Waals surface area (Å²) in [5.74, 6) is -0.706. The number of thiophene rings is 1. The zero-order chi connectivity index (χ0) is 18.3. The van der Waals surface area contributed by atoms with Gasteiger partial charge in [-0.1, -0.05) is 11.6 Å². The fraction of sp³-hybridized carbons (Fsp3) is 0.278. The summed E-state index contributed by atoms with van der Waals surface area (Å²) in [4.78, 5) is 29.9. The number of primary amides is 1. The van der Waals surface area contributed by atoms with Gasteiger partial charge in [-0.2, -0.15) is 0 Å². The first-order valence-corrected chi connectivity index (χ1v) is 9.58. The van der Waals surface area contributed by atoms with Gasteiger partial charge in [-0.3, -0.25) is 9.59 Å². The molecule has 1 aliphatic carbocycles. The number of hydrogen-bond donors (Lipinski definition) is 2. The first kappa shape index (κ1) is 17.1. The number of pyridine rings is 1. The summed E-state index contributed by atoms with van der Waals surface area (Å²) in [6.07, 6.45) is 7.54. The van der Waals surface area contributed by atoms with E-state index in [1.54, 1.807) is 28.9 Å². The number of amides is 2. The molecule has 0 fully saturated rings. The minimum atomic E-state index is -0.484. The van der Waals surface area contributed by atoms with E-state index in [0.717, 1.165) is 41.8 Å². The number of nitrogens with zero attached hydrogens (tertiary/aromatic N) is 2. The molecule has 0 saturated carbocycles. The van der Waals surface area contributed by atoms with Crippen molar-refractivity contribution in [3.63, 3.8) is 0 Å². The van der Waals surface area contributed by atoms with Crippen LogP contribution in [0.15, 0.2) is 24.5 Å². The van der Waals surface area contributed by atoms with Crippen LogP contribution in [0.4, 0.5) is 5.00 Å². The van der Waals surface area contributed by atoms with Crippen LogP contribution in [0.3, 0.4) is 0 Å². The Balaban J connectivity index is 1.56. The highest BCUT2D eigenvalue weighted by molar-refractivity contribution is 7.17. The van der Waals surface area contributed by atoms with Crippen molar-refractivity contribution in [1.82, 2.24) is 9.38 Å². The third-order valence-electron chi connectivity index (χ3n) is 4.48. The monoisotopic (exact) mass is 388 g/mol. The molecule has 0 saturated heterocycles. The molecular formula is C18H17ClN4O2S. The van der Waals surface area contributed by atoms with Crippen molar-refractivity contribution in [3.8, 4) is 0 Å². The Labute approximate surface area is 159 Å². The molecule has 2 amide bonds. The van der Waals surface area contributed by atoms with E-state index in [0.29, 0.717) is 21.3 Å². The van der Waals surface area contributed by atoms with Gasteiger partial charge in [0.2, 0.25) is 5.91 Å². The Hall–Kier alpha value is -2.38. The molecule has 1 aliphatic rings. The third kappa shape index (κ3) is 3.20. The third-order valence-corrected chi connectivity index (χ3v) is 5.91. The minimum Gasteiger partial charge on any atom is -0.365 e. The van der Waals surface area contributed by atoms with Gasteiger partial charge in [-0.15, -0.1) is 11.3 Å². The van der Waals surface area contributed by atoms with Crippen LogP contribution in [0.1, 0.15) is 39.3 Å². The quantitative estimate of drug-likeness (QED) is 0.719. The number of halogens is 1. The van der Waals surface area contributed by atoms with Crippen LogP contribution >= 0.6 is 22.9 Å². The molecule has 3 N–H and O–H groups in total. The number of aromatic nitrogens is 2. The molecule has 3 heterocycles. The molecule has 8 heteroatoms. The predicted molar refractivity (Wildman–Crippen MR) is 102 cm³/mol. The van der Waals surface area contributed by atoms with Crippen LogP contribution in [-0.2, 0) is 24.1 Å². The van der Waals surface area contributed by atoms with Crippen molar-refractivity contribution in [1.29, 1.82) is 0 Å². The number of nitrogens with two attached hydrogens (primary N) is 1. The molecule has 0 spiro atoms. The van der Waals surface area contributed by atoms with E-state index >= 15 is 0 Å². The topological polar surface area (TPSA) is 89.5 Å². The molecule has 3 aromatic rings. The van der Waals surface area contributed by atoms with Crippen LogP contribution in [0.2, 0.25) is 5.02 Å². The number of imidazole rings is 1. The Bertz CT molecular complexity index is 1020. The number of carbonyl (C=O) groups is 2. The van der Waals surface area contributed by atoms with E-state index in [4.69, 9.17) is 17.3 Å². The number of nitrogens with one attached hydrogen (secondary N) is 1. The van der Waals surface area contributed by atoms with E-state index < -0.39 is 5.91 Å². The summed E-state index contributed by atoms with van der Waals surface area (Å²) in [6, 6.07) is 3.55. The highest BCUT2D eigenvalue weighted by Gasteiger charge is 2.25. The predicted octanol–water partition coefficient (Wildman–Crippen LogP) is 3.21. The Morgan fingerprint density at radius 3 is 2.88 bits per heavy atom. The van der Waals surface area contributed by atoms with Gasteiger partial charge in [0.15, 0.2) is 0 Å². The van der Waals surface area contributed by atoms with E-state index in [9.17, 15) is 9.59 Å². The highest BCUT2D eigenvalue weighted by Crippen LogP contribution is 2.37. The number of carbonyl (C=O) groups excluding carboxylic acids is 2. The first-order valence-electron chi connectivity index (χ1n) is 8.38. The van der Waals surface area contributed by atoms with Gasteiger partial charge < -0.3 is 15.5 Å². The Kier molecular flexibility index (Phi) is 4.42. The van der Waals surface area contributed by atoms with Crippen molar-refractivity contribution in [2.24, 2.45) is 5.73 Å². The smallest absolute Gasteiger partial charge is 0.251 e. The molecule has 134 valence electrons. The maximum atomic E-state index is 12.5. The van der Waals surface area contributed by atoms with Crippen LogP contribution in [0.25, 0.3) is 5.65 Å². The highest BCUT2D eigenvalue weighted by atomic mass is 35.5. The average molecular weight is 389 g/mol. The second-order valence-electron chi connectivity index (χ2n) is 6.35.